The van der Waals surface area contributed by atoms with Gasteiger partial charge in [-0.2, -0.15) is 5.10 Å². The van der Waals surface area contributed by atoms with Gasteiger partial charge in [0.25, 0.3) is 0 Å². The first-order valence-electron chi connectivity index (χ1n) is 6.70. The molecule has 1 atom stereocenters. The highest BCUT2D eigenvalue weighted by Crippen LogP contribution is 2.19. The smallest absolute Gasteiger partial charge is 0.181 e. The molecule has 0 radical (unpaired) electrons. The highest BCUT2D eigenvalue weighted by atomic mass is 127. The lowest BCUT2D eigenvalue weighted by molar-refractivity contribution is 0.671. The Morgan fingerprint density at radius 2 is 1.76 bits per heavy atom. The fourth-order valence-electron chi connectivity index (χ4n) is 2.13. The Kier molecular flexibility index (Phi) is 4.31. The molecule has 1 aromatic heterocycles. The molecule has 2 aromatic carbocycles. The molecule has 21 heavy (non-hydrogen) atoms. The van der Waals surface area contributed by atoms with Crippen LogP contribution in [0.25, 0.3) is 11.4 Å². The van der Waals surface area contributed by atoms with Crippen molar-refractivity contribution in [3.63, 3.8) is 0 Å². The number of rotatable bonds is 4. The lowest BCUT2D eigenvalue weighted by atomic mass is 10.1. The molecule has 3 rings (SSSR count). The normalized spacial score (nSPS) is 12.3. The Labute approximate surface area is 136 Å². The van der Waals surface area contributed by atoms with Gasteiger partial charge in [0.2, 0.25) is 0 Å². The van der Waals surface area contributed by atoms with Crippen LogP contribution in [0.1, 0.15) is 17.4 Å². The van der Waals surface area contributed by atoms with Gasteiger partial charge in [-0.25, -0.2) is 4.98 Å². The molecule has 0 aliphatic carbocycles. The monoisotopic (exact) mass is 390 g/mol. The lowest BCUT2D eigenvalue weighted by Crippen LogP contribution is -2.15. The van der Waals surface area contributed by atoms with E-state index in [1.807, 2.05) is 42.5 Å². The minimum Gasteiger partial charge on any atom is -0.321 e. The molecule has 1 heterocycles. The van der Waals surface area contributed by atoms with Crippen molar-refractivity contribution in [1.82, 2.24) is 15.2 Å². The van der Waals surface area contributed by atoms with Crippen LogP contribution in [-0.4, -0.2) is 15.2 Å². The molecule has 4 nitrogen and oxygen atoms in total. The van der Waals surface area contributed by atoms with Gasteiger partial charge in [-0.3, -0.25) is 5.10 Å². The third kappa shape index (κ3) is 3.48. The van der Waals surface area contributed by atoms with Gasteiger partial charge < -0.3 is 5.73 Å². The van der Waals surface area contributed by atoms with Crippen LogP contribution in [0.3, 0.4) is 0 Å². The maximum absolute atomic E-state index is 6.21. The van der Waals surface area contributed by atoms with Crippen molar-refractivity contribution in [1.29, 1.82) is 0 Å². The van der Waals surface area contributed by atoms with E-state index >= 15 is 0 Å². The summed E-state index contributed by atoms with van der Waals surface area (Å²) in [5, 5.41) is 7.21. The Balaban J connectivity index is 1.76. The number of halogens is 1. The van der Waals surface area contributed by atoms with Gasteiger partial charge in [-0.05, 0) is 46.7 Å². The lowest BCUT2D eigenvalue weighted by Gasteiger charge is -2.07. The van der Waals surface area contributed by atoms with Gasteiger partial charge >= 0.3 is 0 Å². The summed E-state index contributed by atoms with van der Waals surface area (Å²) in [4.78, 5) is 4.51. The van der Waals surface area contributed by atoms with Crippen LogP contribution >= 0.6 is 22.6 Å². The number of H-pyrrole nitrogens is 1. The first kappa shape index (κ1) is 14.2. The standard InChI is InChI=1S/C16H15IN4/c17-13-8-6-12(7-9-13)15-19-16(21-20-15)14(18)10-11-4-2-1-3-5-11/h1-9,14H,10,18H2,(H,19,20,21). The Bertz CT molecular complexity index is 707. The maximum atomic E-state index is 6.21. The van der Waals surface area contributed by atoms with Crippen LogP contribution < -0.4 is 5.73 Å². The van der Waals surface area contributed by atoms with Crippen molar-refractivity contribution < 1.29 is 0 Å². The average Bonchev–Trinajstić information content (AvgIpc) is 2.99. The van der Waals surface area contributed by atoms with Crippen molar-refractivity contribution in [2.24, 2.45) is 5.73 Å². The van der Waals surface area contributed by atoms with Crippen LogP contribution in [0.15, 0.2) is 54.6 Å². The Morgan fingerprint density at radius 3 is 2.48 bits per heavy atom. The highest BCUT2D eigenvalue weighted by Gasteiger charge is 2.13. The van der Waals surface area contributed by atoms with Crippen molar-refractivity contribution in [2.75, 3.05) is 0 Å². The van der Waals surface area contributed by atoms with Crippen molar-refractivity contribution >= 4 is 22.6 Å². The Morgan fingerprint density at radius 1 is 1.05 bits per heavy atom. The predicted molar refractivity (Wildman–Crippen MR) is 91.6 cm³/mol. The van der Waals surface area contributed by atoms with Gasteiger partial charge in [-0.1, -0.05) is 42.5 Å². The van der Waals surface area contributed by atoms with Gasteiger partial charge in [-0.15, -0.1) is 0 Å². The second kappa shape index (κ2) is 6.36. The maximum Gasteiger partial charge on any atom is 0.181 e. The molecule has 0 aliphatic heterocycles. The van der Waals surface area contributed by atoms with E-state index in [2.05, 4.69) is 49.9 Å². The summed E-state index contributed by atoms with van der Waals surface area (Å²) in [6, 6.07) is 18.1. The summed E-state index contributed by atoms with van der Waals surface area (Å²) in [6.45, 7) is 0. The fourth-order valence-corrected chi connectivity index (χ4v) is 2.49. The van der Waals surface area contributed by atoms with E-state index in [0.717, 1.165) is 12.0 Å². The third-order valence-corrected chi connectivity index (χ3v) is 3.97. The molecule has 106 valence electrons. The van der Waals surface area contributed by atoms with Gasteiger partial charge in [0.1, 0.15) is 5.82 Å². The minimum absolute atomic E-state index is 0.183. The van der Waals surface area contributed by atoms with E-state index in [1.165, 1.54) is 9.13 Å². The van der Waals surface area contributed by atoms with Crippen LogP contribution in [0.2, 0.25) is 0 Å². The summed E-state index contributed by atoms with van der Waals surface area (Å²) >= 11 is 2.28. The third-order valence-electron chi connectivity index (χ3n) is 3.25. The molecule has 0 fully saturated rings. The number of aromatic amines is 1. The van der Waals surface area contributed by atoms with E-state index < -0.39 is 0 Å². The molecule has 5 heteroatoms. The summed E-state index contributed by atoms with van der Waals surface area (Å²) < 4.78 is 1.19. The zero-order valence-electron chi connectivity index (χ0n) is 11.3. The highest BCUT2D eigenvalue weighted by molar-refractivity contribution is 14.1. The summed E-state index contributed by atoms with van der Waals surface area (Å²) in [6.07, 6.45) is 0.738. The summed E-state index contributed by atoms with van der Waals surface area (Å²) in [7, 11) is 0. The molecule has 0 spiro atoms. The van der Waals surface area contributed by atoms with Crippen LogP contribution in [0, 0.1) is 3.57 Å². The molecule has 3 N–H and O–H groups in total. The van der Waals surface area contributed by atoms with E-state index in [9.17, 15) is 0 Å². The number of nitrogens with one attached hydrogen (secondary N) is 1. The van der Waals surface area contributed by atoms with Gasteiger partial charge in [0, 0.05) is 9.13 Å². The molecular weight excluding hydrogens is 375 g/mol. The van der Waals surface area contributed by atoms with Crippen LogP contribution in [-0.2, 0) is 6.42 Å². The van der Waals surface area contributed by atoms with Crippen molar-refractivity contribution in [2.45, 2.75) is 12.5 Å². The number of benzene rings is 2. The zero-order valence-corrected chi connectivity index (χ0v) is 13.5. The largest absolute Gasteiger partial charge is 0.321 e. The number of hydrogen-bond donors (Lipinski definition) is 2. The molecular formula is C16H15IN4. The molecule has 3 aromatic rings. The van der Waals surface area contributed by atoms with Crippen molar-refractivity contribution in [3.8, 4) is 11.4 Å². The van der Waals surface area contributed by atoms with Crippen molar-refractivity contribution in [3.05, 3.63) is 69.6 Å². The first-order valence-corrected chi connectivity index (χ1v) is 7.78. The van der Waals surface area contributed by atoms with E-state index in [-0.39, 0.29) is 6.04 Å². The topological polar surface area (TPSA) is 67.6 Å². The Hall–Kier alpha value is -1.73. The molecule has 0 saturated heterocycles. The quantitative estimate of drug-likeness (QED) is 0.672. The average molecular weight is 390 g/mol. The second-order valence-corrected chi connectivity index (χ2v) is 6.09. The minimum atomic E-state index is -0.183. The number of aromatic nitrogens is 3. The summed E-state index contributed by atoms with van der Waals surface area (Å²) in [5.41, 5.74) is 8.39. The molecule has 0 aliphatic rings. The number of hydrogen-bond acceptors (Lipinski definition) is 3. The van der Waals surface area contributed by atoms with Gasteiger partial charge in [0.05, 0.1) is 6.04 Å². The fraction of sp³-hybridized carbons (Fsp3) is 0.125. The molecule has 0 bridgehead atoms. The SMILES string of the molecule is NC(Cc1ccccc1)c1nc(-c2ccc(I)cc2)n[nH]1. The van der Waals surface area contributed by atoms with Crippen LogP contribution in [0.5, 0.6) is 0 Å². The molecule has 0 amide bonds. The second-order valence-electron chi connectivity index (χ2n) is 4.85. The first-order chi connectivity index (χ1) is 10.2. The van der Waals surface area contributed by atoms with E-state index in [1.54, 1.807) is 0 Å². The molecule has 0 saturated carbocycles. The predicted octanol–water partition coefficient (Wildman–Crippen LogP) is 3.32. The molecule has 1 unspecified atom stereocenters. The summed E-state index contributed by atoms with van der Waals surface area (Å²) in [5.74, 6) is 1.40. The van der Waals surface area contributed by atoms with E-state index in [4.69, 9.17) is 5.73 Å². The van der Waals surface area contributed by atoms with Crippen LogP contribution in [0.4, 0.5) is 0 Å². The van der Waals surface area contributed by atoms with E-state index in [0.29, 0.717) is 11.6 Å². The number of nitrogens with zero attached hydrogens (tertiary/aromatic N) is 2. The number of nitrogens with two attached hydrogens (primary N) is 1. The van der Waals surface area contributed by atoms with Gasteiger partial charge in [0.15, 0.2) is 5.82 Å². The zero-order chi connectivity index (χ0) is 14.7.